The van der Waals surface area contributed by atoms with E-state index in [1.54, 1.807) is 0 Å². The summed E-state index contributed by atoms with van der Waals surface area (Å²) in [6, 6.07) is 0. The number of hydrogen-bond donors (Lipinski definition) is 0. The van der Waals surface area contributed by atoms with Crippen molar-refractivity contribution in [3.05, 3.63) is 0 Å². The van der Waals surface area contributed by atoms with Crippen molar-refractivity contribution in [2.75, 3.05) is 13.2 Å². The van der Waals surface area contributed by atoms with Gasteiger partial charge in [-0.25, -0.2) is 0 Å². The zero-order chi connectivity index (χ0) is 9.94. The number of hydroxylamine groups is 1. The lowest BCUT2D eigenvalue weighted by Crippen LogP contribution is -2.22. The third-order valence-electron chi connectivity index (χ3n) is 1.64. The molecule has 3 nitrogen and oxygen atoms in total. The van der Waals surface area contributed by atoms with Crippen LogP contribution in [0.25, 0.3) is 0 Å². The molecule has 1 radical (unpaired) electrons. The summed E-state index contributed by atoms with van der Waals surface area (Å²) < 4.78 is 5.40. The van der Waals surface area contributed by atoms with Gasteiger partial charge in [0.2, 0.25) is 0 Å². The van der Waals surface area contributed by atoms with Gasteiger partial charge in [0.05, 0.1) is 0 Å². The van der Waals surface area contributed by atoms with Crippen LogP contribution in [0.1, 0.15) is 46.5 Å². The van der Waals surface area contributed by atoms with Gasteiger partial charge in [0.1, 0.15) is 0 Å². The van der Waals surface area contributed by atoms with Gasteiger partial charge < -0.3 is 4.74 Å². The van der Waals surface area contributed by atoms with Crippen molar-refractivity contribution in [1.82, 2.24) is 5.48 Å². The molecule has 79 valence electrons. The SMILES string of the molecule is CCCC[N]OC(CC)OCCC. The molecule has 0 N–H and O–H groups in total. The standard InChI is InChI=1S/C10H22NO2/c1-4-7-8-11-13-10(6-3)12-9-5-2/h10H,4-9H2,1-3H3. The molecule has 13 heavy (non-hydrogen) atoms. The van der Waals surface area contributed by atoms with E-state index in [9.17, 15) is 0 Å². The maximum Gasteiger partial charge on any atom is 0.178 e. The highest BCUT2D eigenvalue weighted by molar-refractivity contribution is 4.39. The minimum Gasteiger partial charge on any atom is -0.351 e. The van der Waals surface area contributed by atoms with Crippen LogP contribution in [0.15, 0.2) is 0 Å². The van der Waals surface area contributed by atoms with Crippen molar-refractivity contribution in [1.29, 1.82) is 0 Å². The van der Waals surface area contributed by atoms with Gasteiger partial charge in [0.15, 0.2) is 6.29 Å². The average molecular weight is 188 g/mol. The van der Waals surface area contributed by atoms with Crippen molar-refractivity contribution in [3.63, 3.8) is 0 Å². The zero-order valence-electron chi connectivity index (χ0n) is 9.08. The first-order valence-electron chi connectivity index (χ1n) is 5.29. The van der Waals surface area contributed by atoms with Crippen LogP contribution >= 0.6 is 0 Å². The summed E-state index contributed by atoms with van der Waals surface area (Å²) in [4.78, 5) is 5.20. The molecule has 0 spiro atoms. The molecular weight excluding hydrogens is 166 g/mol. The number of ether oxygens (including phenoxy) is 1. The van der Waals surface area contributed by atoms with Gasteiger partial charge in [-0.3, -0.25) is 4.84 Å². The lowest BCUT2D eigenvalue weighted by molar-refractivity contribution is -0.184. The average Bonchev–Trinajstić information content (AvgIpc) is 2.17. The molecule has 0 aromatic carbocycles. The maximum atomic E-state index is 5.40. The second-order valence-electron chi connectivity index (χ2n) is 3.02. The number of nitrogens with zero attached hydrogens (tertiary/aromatic N) is 1. The normalized spacial score (nSPS) is 13.2. The Hall–Kier alpha value is -0.120. The van der Waals surface area contributed by atoms with E-state index in [0.717, 1.165) is 38.8 Å². The van der Waals surface area contributed by atoms with E-state index in [4.69, 9.17) is 9.57 Å². The van der Waals surface area contributed by atoms with Crippen LogP contribution in [0.2, 0.25) is 0 Å². The Kier molecular flexibility index (Phi) is 9.87. The lowest BCUT2D eigenvalue weighted by atomic mass is 10.3. The van der Waals surface area contributed by atoms with E-state index < -0.39 is 0 Å². The van der Waals surface area contributed by atoms with Crippen LogP contribution in [0.3, 0.4) is 0 Å². The highest BCUT2D eigenvalue weighted by Gasteiger charge is 2.05. The molecule has 0 aliphatic carbocycles. The first kappa shape index (κ1) is 12.9. The van der Waals surface area contributed by atoms with Gasteiger partial charge >= 0.3 is 0 Å². The molecular formula is C10H22NO2. The molecule has 0 saturated carbocycles. The minimum atomic E-state index is -0.142. The van der Waals surface area contributed by atoms with Crippen LogP contribution in [-0.4, -0.2) is 19.4 Å². The van der Waals surface area contributed by atoms with Crippen LogP contribution in [-0.2, 0) is 9.57 Å². The predicted molar refractivity (Wildman–Crippen MR) is 53.3 cm³/mol. The summed E-state index contributed by atoms with van der Waals surface area (Å²) in [6.07, 6.45) is 3.98. The third kappa shape index (κ3) is 8.22. The van der Waals surface area contributed by atoms with Gasteiger partial charge in [-0.05, 0) is 19.3 Å². The molecule has 0 bridgehead atoms. The maximum absolute atomic E-state index is 5.40. The molecule has 1 atom stereocenters. The summed E-state index contributed by atoms with van der Waals surface area (Å²) in [5.41, 5.74) is 3.96. The highest BCUT2D eigenvalue weighted by atomic mass is 16.8. The minimum absolute atomic E-state index is 0.142. The Labute approximate surface area is 81.8 Å². The highest BCUT2D eigenvalue weighted by Crippen LogP contribution is 1.99. The van der Waals surface area contributed by atoms with Crippen LogP contribution in [0.4, 0.5) is 0 Å². The topological polar surface area (TPSA) is 32.6 Å². The van der Waals surface area contributed by atoms with E-state index in [2.05, 4.69) is 19.3 Å². The van der Waals surface area contributed by atoms with E-state index in [1.807, 2.05) is 6.92 Å². The van der Waals surface area contributed by atoms with Crippen molar-refractivity contribution < 1.29 is 9.57 Å². The molecule has 3 heteroatoms. The summed E-state index contributed by atoms with van der Waals surface area (Å²) in [7, 11) is 0. The van der Waals surface area contributed by atoms with E-state index in [0.29, 0.717) is 0 Å². The first-order valence-corrected chi connectivity index (χ1v) is 5.29. The van der Waals surface area contributed by atoms with Crippen molar-refractivity contribution in [2.45, 2.75) is 52.7 Å². The van der Waals surface area contributed by atoms with Crippen LogP contribution in [0, 0.1) is 0 Å². The van der Waals surface area contributed by atoms with Crippen LogP contribution < -0.4 is 5.48 Å². The molecule has 0 amide bonds. The second kappa shape index (κ2) is 9.96. The van der Waals surface area contributed by atoms with E-state index in [1.165, 1.54) is 0 Å². The molecule has 0 aromatic rings. The predicted octanol–water partition coefficient (Wildman–Crippen LogP) is 2.49. The molecule has 0 heterocycles. The fourth-order valence-corrected chi connectivity index (χ4v) is 0.831. The fourth-order valence-electron chi connectivity index (χ4n) is 0.831. The Bertz CT molecular complexity index is 98.9. The van der Waals surface area contributed by atoms with Crippen molar-refractivity contribution in [2.24, 2.45) is 0 Å². The van der Waals surface area contributed by atoms with Crippen molar-refractivity contribution in [3.8, 4) is 0 Å². The molecule has 0 aromatic heterocycles. The monoisotopic (exact) mass is 188 g/mol. The van der Waals surface area contributed by atoms with Gasteiger partial charge in [0.25, 0.3) is 0 Å². The summed E-state index contributed by atoms with van der Waals surface area (Å²) in [5.74, 6) is 0. The van der Waals surface area contributed by atoms with Crippen LogP contribution in [0.5, 0.6) is 0 Å². The third-order valence-corrected chi connectivity index (χ3v) is 1.64. The molecule has 0 aliphatic heterocycles. The molecule has 0 fully saturated rings. The van der Waals surface area contributed by atoms with Gasteiger partial charge in [-0.15, -0.1) is 0 Å². The van der Waals surface area contributed by atoms with Gasteiger partial charge in [-0.1, -0.05) is 32.7 Å². The Morgan fingerprint density at radius 2 is 1.92 bits per heavy atom. The fraction of sp³-hybridized carbons (Fsp3) is 1.00. The second-order valence-corrected chi connectivity index (χ2v) is 3.02. The Morgan fingerprint density at radius 1 is 1.15 bits per heavy atom. The lowest BCUT2D eigenvalue weighted by Gasteiger charge is -2.14. The van der Waals surface area contributed by atoms with Crippen molar-refractivity contribution >= 4 is 0 Å². The zero-order valence-corrected chi connectivity index (χ0v) is 9.08. The molecule has 0 saturated heterocycles. The largest absolute Gasteiger partial charge is 0.351 e. The molecule has 1 unspecified atom stereocenters. The number of unbranched alkanes of at least 4 members (excludes halogenated alkanes) is 1. The Balaban J connectivity index is 3.25. The number of hydrogen-bond acceptors (Lipinski definition) is 2. The summed E-state index contributed by atoms with van der Waals surface area (Å²) in [6.45, 7) is 7.79. The summed E-state index contributed by atoms with van der Waals surface area (Å²) in [5, 5.41) is 0. The summed E-state index contributed by atoms with van der Waals surface area (Å²) >= 11 is 0. The van der Waals surface area contributed by atoms with Gasteiger partial charge in [0, 0.05) is 13.2 Å². The Morgan fingerprint density at radius 3 is 2.46 bits per heavy atom. The van der Waals surface area contributed by atoms with E-state index in [-0.39, 0.29) is 6.29 Å². The smallest absolute Gasteiger partial charge is 0.178 e. The number of rotatable bonds is 9. The first-order chi connectivity index (χ1) is 6.35. The van der Waals surface area contributed by atoms with Gasteiger partial charge in [-0.2, -0.15) is 0 Å². The quantitative estimate of drug-likeness (QED) is 0.316. The molecule has 0 rings (SSSR count). The van der Waals surface area contributed by atoms with E-state index >= 15 is 0 Å². The molecule has 0 aliphatic rings.